The first-order valence-corrected chi connectivity index (χ1v) is 3.21. The predicted molar refractivity (Wildman–Crippen MR) is 45.4 cm³/mol. The second kappa shape index (κ2) is 2.71. The Kier molecular flexibility index (Phi) is 1.91. The van der Waals surface area contributed by atoms with Crippen LogP contribution in [0.15, 0.2) is 5.16 Å². The molecule has 0 aromatic carbocycles. The van der Waals surface area contributed by atoms with E-state index >= 15 is 0 Å². The summed E-state index contributed by atoms with van der Waals surface area (Å²) >= 11 is 5.39. The third-order valence-corrected chi connectivity index (χ3v) is 1.25. The Morgan fingerprint density at radius 2 is 2.18 bits per heavy atom. The summed E-state index contributed by atoms with van der Waals surface area (Å²) in [6.07, 6.45) is 1.44. The lowest BCUT2D eigenvalue weighted by Crippen LogP contribution is -1.93. The third-order valence-electron chi connectivity index (χ3n) is 1.15. The van der Waals surface area contributed by atoms with Crippen LogP contribution in [0.4, 0.5) is 11.5 Å². The minimum absolute atomic E-state index is 0.125. The highest BCUT2D eigenvalue weighted by molar-refractivity contribution is 6.30. The molecule has 0 aliphatic carbocycles. The summed E-state index contributed by atoms with van der Waals surface area (Å²) in [5.41, 5.74) is 16.9. The fourth-order valence-corrected chi connectivity index (χ4v) is 0.736. The van der Waals surface area contributed by atoms with Gasteiger partial charge in [0.1, 0.15) is 10.8 Å². The molecule has 6 heteroatoms. The van der Waals surface area contributed by atoms with Crippen molar-refractivity contribution in [2.75, 3.05) is 11.5 Å². The quantitative estimate of drug-likeness (QED) is 0.451. The Morgan fingerprint density at radius 1 is 1.55 bits per heavy atom. The molecule has 0 amide bonds. The minimum atomic E-state index is 0.125. The molecule has 0 spiro atoms. The Labute approximate surface area is 68.2 Å². The van der Waals surface area contributed by atoms with Crippen molar-refractivity contribution >= 4 is 29.2 Å². The van der Waals surface area contributed by atoms with Crippen LogP contribution in [0.25, 0.3) is 6.08 Å². The van der Waals surface area contributed by atoms with E-state index in [1.54, 1.807) is 0 Å². The molecule has 0 unspecified atom stereocenters. The van der Waals surface area contributed by atoms with Gasteiger partial charge in [0.05, 0.1) is 5.69 Å². The molecule has 0 bridgehead atoms. The number of halogens is 1. The summed E-state index contributed by atoms with van der Waals surface area (Å²) < 4.78 is 0. The van der Waals surface area contributed by atoms with E-state index in [4.69, 9.17) is 28.8 Å². The average Bonchev–Trinajstić information content (AvgIpc) is 2.18. The normalized spacial score (nSPS) is 11.9. The van der Waals surface area contributed by atoms with Crippen LogP contribution in [-0.4, -0.2) is 10.2 Å². The van der Waals surface area contributed by atoms with Crippen LogP contribution >= 0.6 is 11.6 Å². The summed E-state index contributed by atoms with van der Waals surface area (Å²) in [5, 5.41) is 6.33. The molecule has 1 rings (SSSR count). The molecule has 0 atom stereocenters. The highest BCUT2D eigenvalue weighted by Gasteiger charge is 2.03. The van der Waals surface area contributed by atoms with Crippen molar-refractivity contribution in [2.24, 2.45) is 5.73 Å². The predicted octanol–water partition coefficient (Wildman–Crippen LogP) is 0.0700. The van der Waals surface area contributed by atoms with Gasteiger partial charge in [-0.2, -0.15) is 5.10 Å². The zero-order valence-electron chi connectivity index (χ0n) is 5.63. The van der Waals surface area contributed by atoms with Gasteiger partial charge in [-0.1, -0.05) is 11.6 Å². The number of aromatic nitrogens is 2. The van der Waals surface area contributed by atoms with Gasteiger partial charge in [-0.05, 0) is 0 Å². The number of hydrogen-bond donors (Lipinski definition) is 4. The lowest BCUT2D eigenvalue weighted by atomic mass is 10.3. The topological polar surface area (TPSA) is 107 Å². The van der Waals surface area contributed by atoms with Gasteiger partial charge in [-0.3, -0.25) is 5.10 Å². The minimum Gasteiger partial charge on any atom is -0.394 e. The van der Waals surface area contributed by atoms with E-state index in [-0.39, 0.29) is 11.0 Å². The molecule has 1 heterocycles. The highest BCUT2D eigenvalue weighted by atomic mass is 35.5. The van der Waals surface area contributed by atoms with Gasteiger partial charge in [-0.15, -0.1) is 0 Å². The summed E-state index contributed by atoms with van der Waals surface area (Å²) in [7, 11) is 0. The first-order valence-electron chi connectivity index (χ1n) is 2.83. The van der Waals surface area contributed by atoms with E-state index in [0.29, 0.717) is 11.4 Å². The molecule has 0 radical (unpaired) electrons. The monoisotopic (exact) mass is 173 g/mol. The van der Waals surface area contributed by atoms with E-state index in [9.17, 15) is 0 Å². The van der Waals surface area contributed by atoms with Crippen molar-refractivity contribution in [3.63, 3.8) is 0 Å². The second-order valence-electron chi connectivity index (χ2n) is 1.97. The number of aromatic amines is 1. The summed E-state index contributed by atoms with van der Waals surface area (Å²) in [4.78, 5) is 0. The van der Waals surface area contributed by atoms with E-state index < -0.39 is 0 Å². The van der Waals surface area contributed by atoms with Gasteiger partial charge in [-0.25, -0.2) is 0 Å². The number of nitrogen functional groups attached to an aromatic ring is 2. The third kappa shape index (κ3) is 1.56. The largest absolute Gasteiger partial charge is 0.394 e. The number of nitrogens with zero attached hydrogens (tertiary/aromatic N) is 1. The molecule has 60 valence electrons. The van der Waals surface area contributed by atoms with E-state index in [1.807, 2.05) is 0 Å². The molecule has 1 aromatic heterocycles. The van der Waals surface area contributed by atoms with Gasteiger partial charge >= 0.3 is 0 Å². The molecule has 0 aliphatic heterocycles. The number of rotatable bonds is 1. The zero-order chi connectivity index (χ0) is 8.43. The zero-order valence-corrected chi connectivity index (χ0v) is 6.39. The van der Waals surface area contributed by atoms with Gasteiger partial charge < -0.3 is 17.2 Å². The van der Waals surface area contributed by atoms with Crippen LogP contribution in [-0.2, 0) is 0 Å². The number of nitrogens with one attached hydrogen (secondary N) is 1. The molecular formula is C5H8ClN5. The summed E-state index contributed by atoms with van der Waals surface area (Å²) in [5.74, 6) is 0.245. The van der Waals surface area contributed by atoms with Crippen LogP contribution < -0.4 is 17.2 Å². The first-order chi connectivity index (χ1) is 5.11. The van der Waals surface area contributed by atoms with Crippen molar-refractivity contribution in [1.29, 1.82) is 0 Å². The van der Waals surface area contributed by atoms with Gasteiger partial charge in [0.15, 0.2) is 5.82 Å². The van der Waals surface area contributed by atoms with Crippen LogP contribution in [0.2, 0.25) is 0 Å². The maximum Gasteiger partial charge on any atom is 0.169 e. The van der Waals surface area contributed by atoms with Gasteiger partial charge in [0.2, 0.25) is 0 Å². The van der Waals surface area contributed by atoms with E-state index in [1.165, 1.54) is 6.08 Å². The fraction of sp³-hybridized carbons (Fsp3) is 0. The summed E-state index contributed by atoms with van der Waals surface area (Å²) in [6, 6.07) is 0. The van der Waals surface area contributed by atoms with Crippen LogP contribution in [0.3, 0.4) is 0 Å². The van der Waals surface area contributed by atoms with E-state index in [0.717, 1.165) is 0 Å². The average molecular weight is 174 g/mol. The van der Waals surface area contributed by atoms with E-state index in [2.05, 4.69) is 10.2 Å². The molecule has 7 N–H and O–H groups in total. The van der Waals surface area contributed by atoms with Crippen molar-refractivity contribution in [3.8, 4) is 0 Å². The first kappa shape index (κ1) is 7.74. The Balaban J connectivity index is 3.06. The van der Waals surface area contributed by atoms with Crippen molar-refractivity contribution in [1.82, 2.24) is 10.2 Å². The van der Waals surface area contributed by atoms with Gasteiger partial charge in [0.25, 0.3) is 0 Å². The molecular weight excluding hydrogens is 166 g/mol. The standard InChI is InChI=1S/C5H8ClN5/c6-3(7)1-2-4(8)5(9)11-10-2/h1H,7-8H2,(H3,9,10,11)/b3-1-. The lowest BCUT2D eigenvalue weighted by Gasteiger charge is -1.90. The highest BCUT2D eigenvalue weighted by Crippen LogP contribution is 2.17. The maximum atomic E-state index is 5.47. The smallest absolute Gasteiger partial charge is 0.169 e. The van der Waals surface area contributed by atoms with Gasteiger partial charge in [0, 0.05) is 6.08 Å². The molecule has 0 aliphatic rings. The maximum absolute atomic E-state index is 5.47. The number of nitrogens with two attached hydrogens (primary N) is 3. The van der Waals surface area contributed by atoms with Crippen molar-refractivity contribution in [2.45, 2.75) is 0 Å². The van der Waals surface area contributed by atoms with Crippen LogP contribution in [0.1, 0.15) is 5.69 Å². The van der Waals surface area contributed by atoms with Crippen LogP contribution in [0.5, 0.6) is 0 Å². The molecule has 1 aromatic rings. The Bertz CT molecular complexity index is 285. The molecule has 0 fully saturated rings. The van der Waals surface area contributed by atoms with Crippen molar-refractivity contribution < 1.29 is 0 Å². The number of H-pyrrole nitrogens is 1. The number of hydrogen-bond acceptors (Lipinski definition) is 4. The molecule has 0 saturated heterocycles. The number of anilines is 2. The lowest BCUT2D eigenvalue weighted by molar-refractivity contribution is 1.09. The second-order valence-corrected chi connectivity index (χ2v) is 2.40. The van der Waals surface area contributed by atoms with Crippen molar-refractivity contribution in [3.05, 3.63) is 10.9 Å². The Morgan fingerprint density at radius 3 is 2.55 bits per heavy atom. The molecule has 5 nitrogen and oxygen atoms in total. The van der Waals surface area contributed by atoms with Crippen LogP contribution in [0, 0.1) is 0 Å². The fourth-order valence-electron chi connectivity index (χ4n) is 0.627. The molecule has 0 saturated carbocycles. The SMILES string of the molecule is N/C(Cl)=C\c1[nH]nc(N)c1N. The molecule has 11 heavy (non-hydrogen) atoms. The Hall–Kier alpha value is -1.36. The summed E-state index contributed by atoms with van der Waals surface area (Å²) in [6.45, 7) is 0.